The van der Waals surface area contributed by atoms with E-state index in [2.05, 4.69) is 19.2 Å². The van der Waals surface area contributed by atoms with Gasteiger partial charge in [0.1, 0.15) is 5.75 Å². The van der Waals surface area contributed by atoms with Gasteiger partial charge in [0.15, 0.2) is 0 Å². The van der Waals surface area contributed by atoms with Crippen LogP contribution < -0.4 is 15.8 Å². The first-order valence-electron chi connectivity index (χ1n) is 7.82. The maximum atomic E-state index is 12.2. The molecule has 0 saturated heterocycles. The van der Waals surface area contributed by atoms with Gasteiger partial charge in [0.25, 0.3) is 5.91 Å². The Morgan fingerprint density at radius 3 is 2.45 bits per heavy atom. The zero-order chi connectivity index (χ0) is 15.2. The number of rotatable bonds is 8. The maximum absolute atomic E-state index is 12.2. The first-order valence-corrected chi connectivity index (χ1v) is 7.82. The summed E-state index contributed by atoms with van der Waals surface area (Å²) >= 11 is 0. The molecule has 1 saturated carbocycles. The Hall–Kier alpha value is -1.26. The van der Waals surface area contributed by atoms with E-state index in [1.807, 2.05) is 12.1 Å². The van der Waals surface area contributed by atoms with Crippen LogP contribution in [0.3, 0.4) is 0 Å². The molecule has 1 aromatic carbocycles. The van der Waals surface area contributed by atoms with E-state index in [1.165, 1.54) is 12.8 Å². The predicted octanol–water partition coefficient (Wildman–Crippen LogP) is 3.00. The van der Waals surface area contributed by atoms with E-state index in [0.717, 1.165) is 24.7 Å². The number of ether oxygens (including phenoxy) is 1. The molecule has 1 atom stereocenters. The number of carbonyl (C=O) groups is 1. The summed E-state index contributed by atoms with van der Waals surface area (Å²) in [5, 5.41) is 2.99. The molecular weight excluding hydrogens is 300 g/mol. The molecule has 4 nitrogen and oxygen atoms in total. The molecule has 0 radical (unpaired) electrons. The lowest BCUT2D eigenvalue weighted by Crippen LogP contribution is -2.41. The van der Waals surface area contributed by atoms with Crippen LogP contribution in [0.1, 0.15) is 43.5 Å². The molecule has 1 aromatic rings. The van der Waals surface area contributed by atoms with Gasteiger partial charge in [-0.2, -0.15) is 0 Å². The molecule has 0 bridgehead atoms. The van der Waals surface area contributed by atoms with Gasteiger partial charge >= 0.3 is 0 Å². The first kappa shape index (κ1) is 18.8. The number of nitrogens with one attached hydrogen (secondary N) is 1. The number of amides is 1. The van der Waals surface area contributed by atoms with E-state index in [-0.39, 0.29) is 24.4 Å². The molecule has 1 fully saturated rings. The number of hydrogen-bond acceptors (Lipinski definition) is 3. The fourth-order valence-corrected chi connectivity index (χ4v) is 2.25. The Morgan fingerprint density at radius 2 is 1.95 bits per heavy atom. The van der Waals surface area contributed by atoms with Gasteiger partial charge in [0.2, 0.25) is 0 Å². The molecule has 0 aromatic heterocycles. The Balaban J connectivity index is 0.00000242. The zero-order valence-electron chi connectivity index (χ0n) is 13.4. The molecule has 2 rings (SSSR count). The van der Waals surface area contributed by atoms with Gasteiger partial charge in [-0.1, -0.05) is 13.8 Å². The van der Waals surface area contributed by atoms with Crippen molar-refractivity contribution < 1.29 is 9.53 Å². The Morgan fingerprint density at radius 1 is 1.32 bits per heavy atom. The first-order chi connectivity index (χ1) is 10.1. The summed E-state index contributed by atoms with van der Waals surface area (Å²) in [5.41, 5.74) is 6.36. The van der Waals surface area contributed by atoms with Crippen LogP contribution in [0.2, 0.25) is 0 Å². The van der Waals surface area contributed by atoms with E-state index in [4.69, 9.17) is 10.5 Å². The van der Waals surface area contributed by atoms with Crippen LogP contribution >= 0.6 is 12.4 Å². The highest BCUT2D eigenvalue weighted by atomic mass is 35.5. The number of hydrogen-bond donors (Lipinski definition) is 2. The second-order valence-electron chi connectivity index (χ2n) is 6.31. The quantitative estimate of drug-likeness (QED) is 0.772. The molecule has 1 aliphatic rings. The minimum atomic E-state index is -0.0696. The monoisotopic (exact) mass is 326 g/mol. The topological polar surface area (TPSA) is 64.3 Å². The summed E-state index contributed by atoms with van der Waals surface area (Å²) in [5.74, 6) is 2.00. The van der Waals surface area contributed by atoms with E-state index >= 15 is 0 Å². The molecular formula is C17H27ClN2O2. The highest BCUT2D eigenvalue weighted by Crippen LogP contribution is 2.29. The summed E-state index contributed by atoms with van der Waals surface area (Å²) in [7, 11) is 0. The molecule has 0 spiro atoms. The highest BCUT2D eigenvalue weighted by Gasteiger charge is 2.22. The van der Waals surface area contributed by atoms with Gasteiger partial charge in [-0.25, -0.2) is 0 Å². The minimum Gasteiger partial charge on any atom is -0.493 e. The lowest BCUT2D eigenvalue weighted by Gasteiger charge is -2.18. The fraction of sp³-hybridized carbons (Fsp3) is 0.588. The standard InChI is InChI=1S/C17H26N2O2.ClH/c1-12(2)9-15(10-18)19-17(20)14-5-7-16(8-6-14)21-11-13-3-4-13;/h5-8,12-13,15H,3-4,9-11,18H2,1-2H3,(H,19,20);1H. The lowest BCUT2D eigenvalue weighted by molar-refractivity contribution is 0.0933. The summed E-state index contributed by atoms with van der Waals surface area (Å²) in [6.45, 7) is 5.50. The van der Waals surface area contributed by atoms with Gasteiger partial charge in [0, 0.05) is 18.2 Å². The van der Waals surface area contributed by atoms with Crippen molar-refractivity contribution in [2.24, 2.45) is 17.6 Å². The van der Waals surface area contributed by atoms with Crippen molar-refractivity contribution in [3.05, 3.63) is 29.8 Å². The van der Waals surface area contributed by atoms with Crippen molar-refractivity contribution in [1.29, 1.82) is 0 Å². The summed E-state index contributed by atoms with van der Waals surface area (Å²) < 4.78 is 5.67. The van der Waals surface area contributed by atoms with Gasteiger partial charge in [-0.15, -0.1) is 12.4 Å². The minimum absolute atomic E-state index is 0. The highest BCUT2D eigenvalue weighted by molar-refractivity contribution is 5.94. The maximum Gasteiger partial charge on any atom is 0.251 e. The van der Waals surface area contributed by atoms with Crippen molar-refractivity contribution >= 4 is 18.3 Å². The third-order valence-corrected chi connectivity index (χ3v) is 3.67. The van der Waals surface area contributed by atoms with Crippen molar-refractivity contribution in [3.8, 4) is 5.75 Å². The third-order valence-electron chi connectivity index (χ3n) is 3.67. The van der Waals surface area contributed by atoms with Crippen LogP contribution in [-0.4, -0.2) is 25.1 Å². The van der Waals surface area contributed by atoms with Crippen LogP contribution in [0.4, 0.5) is 0 Å². The van der Waals surface area contributed by atoms with E-state index in [0.29, 0.717) is 18.0 Å². The van der Waals surface area contributed by atoms with Crippen molar-refractivity contribution in [1.82, 2.24) is 5.32 Å². The molecule has 0 aliphatic heterocycles. The van der Waals surface area contributed by atoms with Crippen molar-refractivity contribution in [2.75, 3.05) is 13.2 Å². The summed E-state index contributed by atoms with van der Waals surface area (Å²) in [6.07, 6.45) is 3.44. The lowest BCUT2D eigenvalue weighted by atomic mass is 10.0. The third kappa shape index (κ3) is 6.24. The number of nitrogens with two attached hydrogens (primary N) is 1. The van der Waals surface area contributed by atoms with Crippen LogP contribution in [0.5, 0.6) is 5.75 Å². The smallest absolute Gasteiger partial charge is 0.251 e. The average Bonchev–Trinajstić information content (AvgIpc) is 3.28. The van der Waals surface area contributed by atoms with Crippen LogP contribution in [0, 0.1) is 11.8 Å². The Labute approximate surface area is 139 Å². The Kier molecular flexibility index (Phi) is 7.69. The molecule has 1 amide bonds. The largest absolute Gasteiger partial charge is 0.493 e. The number of halogens is 1. The van der Waals surface area contributed by atoms with Gasteiger partial charge < -0.3 is 15.8 Å². The number of carbonyl (C=O) groups excluding carboxylic acids is 1. The summed E-state index contributed by atoms with van der Waals surface area (Å²) in [4.78, 5) is 12.2. The van der Waals surface area contributed by atoms with Crippen LogP contribution in [0.15, 0.2) is 24.3 Å². The van der Waals surface area contributed by atoms with Gasteiger partial charge in [0.05, 0.1) is 6.61 Å². The van der Waals surface area contributed by atoms with Crippen LogP contribution in [-0.2, 0) is 0 Å². The normalized spacial score (nSPS) is 15.1. The average molecular weight is 327 g/mol. The number of benzene rings is 1. The zero-order valence-corrected chi connectivity index (χ0v) is 14.2. The van der Waals surface area contributed by atoms with Crippen LogP contribution in [0.25, 0.3) is 0 Å². The van der Waals surface area contributed by atoms with E-state index in [9.17, 15) is 4.79 Å². The molecule has 3 N–H and O–H groups in total. The second-order valence-corrected chi connectivity index (χ2v) is 6.31. The molecule has 0 heterocycles. The summed E-state index contributed by atoms with van der Waals surface area (Å²) in [6, 6.07) is 7.36. The van der Waals surface area contributed by atoms with Gasteiger partial charge in [-0.05, 0) is 55.4 Å². The predicted molar refractivity (Wildman–Crippen MR) is 91.7 cm³/mol. The van der Waals surface area contributed by atoms with Crippen molar-refractivity contribution in [3.63, 3.8) is 0 Å². The second kappa shape index (κ2) is 9.01. The fourth-order valence-electron chi connectivity index (χ4n) is 2.25. The molecule has 1 unspecified atom stereocenters. The SMILES string of the molecule is CC(C)CC(CN)NC(=O)c1ccc(OCC2CC2)cc1.Cl. The van der Waals surface area contributed by atoms with E-state index < -0.39 is 0 Å². The van der Waals surface area contributed by atoms with Crippen molar-refractivity contribution in [2.45, 2.75) is 39.2 Å². The molecule has 22 heavy (non-hydrogen) atoms. The molecule has 5 heteroatoms. The van der Waals surface area contributed by atoms with Gasteiger partial charge in [-0.3, -0.25) is 4.79 Å². The molecule has 1 aliphatic carbocycles. The van der Waals surface area contributed by atoms with E-state index in [1.54, 1.807) is 12.1 Å². The molecule has 124 valence electrons. The Bertz CT molecular complexity index is 458.